The summed E-state index contributed by atoms with van der Waals surface area (Å²) >= 11 is 0. The molecule has 0 heterocycles. The number of anilines is 1. The summed E-state index contributed by atoms with van der Waals surface area (Å²) in [6, 6.07) is 13.1. The van der Waals surface area contributed by atoms with Crippen LogP contribution in [0.25, 0.3) is 0 Å². The molecule has 1 aliphatic carbocycles. The van der Waals surface area contributed by atoms with Crippen LogP contribution in [0.2, 0.25) is 0 Å². The van der Waals surface area contributed by atoms with E-state index in [0.717, 1.165) is 0 Å². The molecule has 2 nitrogen and oxygen atoms in total. The molecule has 0 saturated heterocycles. The number of nitrogens with zero attached hydrogens (tertiary/aromatic N) is 2. The Balaban J connectivity index is 2.16. The van der Waals surface area contributed by atoms with Crippen molar-refractivity contribution >= 4 is 5.69 Å². The summed E-state index contributed by atoms with van der Waals surface area (Å²) in [5.74, 6) is 0. The van der Waals surface area contributed by atoms with Crippen LogP contribution in [0.15, 0.2) is 30.3 Å². The number of benzene rings is 1. The number of para-hydroxylation sites is 1. The van der Waals surface area contributed by atoms with E-state index in [1.807, 2.05) is 18.2 Å². The minimum absolute atomic E-state index is 0.509. The van der Waals surface area contributed by atoms with Crippen molar-refractivity contribution in [1.29, 1.82) is 5.26 Å². The van der Waals surface area contributed by atoms with E-state index in [9.17, 15) is 0 Å². The Morgan fingerprint density at radius 3 is 2.47 bits per heavy atom. The summed E-state index contributed by atoms with van der Waals surface area (Å²) in [6.45, 7) is 0.509. The molecule has 78 valence electrons. The Hall–Kier alpha value is -1.49. The molecule has 0 aliphatic heterocycles. The van der Waals surface area contributed by atoms with E-state index >= 15 is 0 Å². The predicted octanol–water partition coefficient (Wildman–Crippen LogP) is 2.96. The van der Waals surface area contributed by atoms with Gasteiger partial charge in [0.25, 0.3) is 0 Å². The minimum atomic E-state index is 0.509. The average Bonchev–Trinajstić information content (AvgIpc) is 2.80. The van der Waals surface area contributed by atoms with Crippen LogP contribution in [0, 0.1) is 11.3 Å². The van der Waals surface area contributed by atoms with Gasteiger partial charge in [-0.1, -0.05) is 31.0 Å². The summed E-state index contributed by atoms with van der Waals surface area (Å²) < 4.78 is 0. The third kappa shape index (κ3) is 2.30. The van der Waals surface area contributed by atoms with Crippen LogP contribution in [0.4, 0.5) is 5.69 Å². The first-order valence-corrected chi connectivity index (χ1v) is 5.60. The van der Waals surface area contributed by atoms with Crippen molar-refractivity contribution in [2.45, 2.75) is 31.7 Å². The monoisotopic (exact) mass is 200 g/mol. The van der Waals surface area contributed by atoms with Gasteiger partial charge in [0.15, 0.2) is 0 Å². The fourth-order valence-corrected chi connectivity index (χ4v) is 2.34. The number of hydrogen-bond donors (Lipinski definition) is 0. The Morgan fingerprint density at radius 2 is 1.87 bits per heavy atom. The number of nitriles is 1. The number of rotatable bonds is 3. The summed E-state index contributed by atoms with van der Waals surface area (Å²) in [6.07, 6.45) is 5.08. The molecule has 0 radical (unpaired) electrons. The first-order chi connectivity index (χ1) is 7.42. The lowest BCUT2D eigenvalue weighted by molar-refractivity contribution is 0.634. The second kappa shape index (κ2) is 4.84. The van der Waals surface area contributed by atoms with Gasteiger partial charge in [-0.3, -0.25) is 0 Å². The SMILES string of the molecule is N#CCN(c1ccccc1)C1CCCC1. The zero-order chi connectivity index (χ0) is 10.5. The highest BCUT2D eigenvalue weighted by molar-refractivity contribution is 5.48. The van der Waals surface area contributed by atoms with Crippen LogP contribution in [-0.4, -0.2) is 12.6 Å². The normalized spacial score (nSPS) is 16.2. The topological polar surface area (TPSA) is 27.0 Å². The van der Waals surface area contributed by atoms with Crippen molar-refractivity contribution in [2.75, 3.05) is 11.4 Å². The van der Waals surface area contributed by atoms with Gasteiger partial charge in [0.1, 0.15) is 6.54 Å². The van der Waals surface area contributed by atoms with Crippen molar-refractivity contribution in [3.63, 3.8) is 0 Å². The third-order valence-electron chi connectivity index (χ3n) is 3.09. The van der Waals surface area contributed by atoms with Crippen LogP contribution in [0.1, 0.15) is 25.7 Å². The maximum absolute atomic E-state index is 8.87. The van der Waals surface area contributed by atoms with E-state index in [4.69, 9.17) is 5.26 Å². The summed E-state index contributed by atoms with van der Waals surface area (Å²) in [5.41, 5.74) is 1.19. The molecule has 0 unspecified atom stereocenters. The van der Waals surface area contributed by atoms with Gasteiger partial charge < -0.3 is 4.90 Å². The van der Waals surface area contributed by atoms with Gasteiger partial charge in [0.05, 0.1) is 6.07 Å². The molecule has 0 N–H and O–H groups in total. The van der Waals surface area contributed by atoms with Crippen LogP contribution >= 0.6 is 0 Å². The molecule has 0 spiro atoms. The van der Waals surface area contributed by atoms with E-state index in [0.29, 0.717) is 12.6 Å². The van der Waals surface area contributed by atoms with Crippen molar-refractivity contribution in [3.8, 4) is 6.07 Å². The Morgan fingerprint density at radius 1 is 1.20 bits per heavy atom. The van der Waals surface area contributed by atoms with E-state index in [-0.39, 0.29) is 0 Å². The van der Waals surface area contributed by atoms with E-state index < -0.39 is 0 Å². The smallest absolute Gasteiger partial charge is 0.106 e. The zero-order valence-corrected chi connectivity index (χ0v) is 8.89. The van der Waals surface area contributed by atoms with E-state index in [2.05, 4.69) is 23.1 Å². The molecule has 1 aromatic rings. The highest BCUT2D eigenvalue weighted by atomic mass is 15.2. The highest BCUT2D eigenvalue weighted by Gasteiger charge is 2.22. The fourth-order valence-electron chi connectivity index (χ4n) is 2.34. The lowest BCUT2D eigenvalue weighted by Gasteiger charge is -2.28. The Kier molecular flexibility index (Phi) is 3.24. The molecule has 0 atom stereocenters. The maximum atomic E-state index is 8.87. The summed E-state index contributed by atoms with van der Waals surface area (Å²) in [4.78, 5) is 2.24. The molecule has 2 rings (SSSR count). The molecule has 1 aliphatic rings. The van der Waals surface area contributed by atoms with Crippen molar-refractivity contribution < 1.29 is 0 Å². The largest absolute Gasteiger partial charge is 0.355 e. The molecule has 1 saturated carbocycles. The fraction of sp³-hybridized carbons (Fsp3) is 0.462. The van der Waals surface area contributed by atoms with Crippen LogP contribution in [0.5, 0.6) is 0 Å². The van der Waals surface area contributed by atoms with Gasteiger partial charge in [0.2, 0.25) is 0 Å². The average molecular weight is 200 g/mol. The summed E-state index contributed by atoms with van der Waals surface area (Å²) in [5, 5.41) is 8.87. The zero-order valence-electron chi connectivity index (χ0n) is 8.89. The van der Waals surface area contributed by atoms with E-state index in [1.54, 1.807) is 0 Å². The molecule has 1 aromatic carbocycles. The van der Waals surface area contributed by atoms with Gasteiger partial charge in [-0.25, -0.2) is 0 Å². The third-order valence-corrected chi connectivity index (χ3v) is 3.09. The Bertz CT molecular complexity index is 333. The van der Waals surface area contributed by atoms with Gasteiger partial charge in [-0.2, -0.15) is 5.26 Å². The quantitative estimate of drug-likeness (QED) is 0.701. The molecular weight excluding hydrogens is 184 g/mol. The van der Waals surface area contributed by atoms with Gasteiger partial charge in [0, 0.05) is 11.7 Å². The first kappa shape index (κ1) is 10.0. The molecule has 0 bridgehead atoms. The lowest BCUT2D eigenvalue weighted by atomic mass is 10.2. The highest BCUT2D eigenvalue weighted by Crippen LogP contribution is 2.27. The second-order valence-electron chi connectivity index (χ2n) is 4.06. The molecular formula is C13H16N2. The van der Waals surface area contributed by atoms with Gasteiger partial charge in [-0.05, 0) is 25.0 Å². The number of hydrogen-bond acceptors (Lipinski definition) is 2. The van der Waals surface area contributed by atoms with Crippen LogP contribution in [-0.2, 0) is 0 Å². The molecule has 1 fully saturated rings. The Labute approximate surface area is 91.1 Å². The maximum Gasteiger partial charge on any atom is 0.106 e. The van der Waals surface area contributed by atoms with Crippen molar-refractivity contribution in [1.82, 2.24) is 0 Å². The minimum Gasteiger partial charge on any atom is -0.355 e. The lowest BCUT2D eigenvalue weighted by Crippen LogP contribution is -2.33. The molecule has 0 aromatic heterocycles. The first-order valence-electron chi connectivity index (χ1n) is 5.60. The van der Waals surface area contributed by atoms with Gasteiger partial charge >= 0.3 is 0 Å². The standard InChI is InChI=1S/C13H16N2/c14-10-11-15(13-8-4-5-9-13)12-6-2-1-3-7-12/h1-3,6-7,13H,4-5,8-9,11H2. The predicted molar refractivity (Wildman–Crippen MR) is 61.7 cm³/mol. The van der Waals surface area contributed by atoms with Gasteiger partial charge in [-0.15, -0.1) is 0 Å². The molecule has 0 amide bonds. The molecule has 15 heavy (non-hydrogen) atoms. The summed E-state index contributed by atoms with van der Waals surface area (Å²) in [7, 11) is 0. The van der Waals surface area contributed by atoms with Crippen LogP contribution in [0.3, 0.4) is 0 Å². The second-order valence-corrected chi connectivity index (χ2v) is 4.06. The van der Waals surface area contributed by atoms with E-state index in [1.165, 1.54) is 31.4 Å². The molecule has 2 heteroatoms. The van der Waals surface area contributed by atoms with Crippen LogP contribution < -0.4 is 4.90 Å². The van der Waals surface area contributed by atoms with Crippen molar-refractivity contribution in [2.24, 2.45) is 0 Å². The van der Waals surface area contributed by atoms with Crippen molar-refractivity contribution in [3.05, 3.63) is 30.3 Å².